The molecular weight excluding hydrogens is 240 g/mol. The molecule has 0 spiro atoms. The van der Waals surface area contributed by atoms with E-state index in [0.29, 0.717) is 5.02 Å². The molecule has 0 aromatic heterocycles. The molecule has 17 heavy (non-hydrogen) atoms. The number of benzene rings is 1. The molecule has 1 aliphatic rings. The van der Waals surface area contributed by atoms with Gasteiger partial charge in [0.05, 0.1) is 6.61 Å². The molecule has 1 aliphatic heterocycles. The summed E-state index contributed by atoms with van der Waals surface area (Å²) >= 11 is 5.93. The lowest BCUT2D eigenvalue weighted by Gasteiger charge is -2.27. The first-order valence-electron chi connectivity index (χ1n) is 5.42. The van der Waals surface area contributed by atoms with Crippen molar-refractivity contribution in [3.8, 4) is 0 Å². The van der Waals surface area contributed by atoms with Crippen LogP contribution in [0.5, 0.6) is 0 Å². The zero-order valence-corrected chi connectivity index (χ0v) is 10.5. The minimum absolute atomic E-state index is 0.0489. The van der Waals surface area contributed by atoms with Gasteiger partial charge in [0.2, 0.25) is 5.91 Å². The Balaban J connectivity index is 2.31. The van der Waals surface area contributed by atoms with Crippen LogP contribution in [0.15, 0.2) is 18.2 Å². The molecule has 1 aromatic rings. The van der Waals surface area contributed by atoms with Crippen molar-refractivity contribution in [3.63, 3.8) is 0 Å². The van der Waals surface area contributed by atoms with Crippen molar-refractivity contribution in [3.05, 3.63) is 28.8 Å². The van der Waals surface area contributed by atoms with Gasteiger partial charge in [0.15, 0.2) is 0 Å². The van der Waals surface area contributed by atoms with Gasteiger partial charge in [0, 0.05) is 21.8 Å². The second kappa shape index (κ2) is 4.29. The second-order valence-electron chi connectivity index (χ2n) is 4.84. The van der Waals surface area contributed by atoms with Crippen LogP contribution in [0.1, 0.15) is 25.5 Å². The lowest BCUT2D eigenvalue weighted by atomic mass is 10.0. The molecule has 0 saturated heterocycles. The number of fused-ring (bicyclic) bond motifs is 1. The Kier molecular flexibility index (Phi) is 3.12. The van der Waals surface area contributed by atoms with E-state index in [9.17, 15) is 9.90 Å². The van der Waals surface area contributed by atoms with Gasteiger partial charge in [-0.1, -0.05) is 11.6 Å². The van der Waals surface area contributed by atoms with Gasteiger partial charge < -0.3 is 10.4 Å². The minimum atomic E-state index is -0.522. The maximum atomic E-state index is 11.8. The van der Waals surface area contributed by atoms with E-state index in [2.05, 4.69) is 10.6 Å². The van der Waals surface area contributed by atoms with Crippen molar-refractivity contribution in [1.82, 2.24) is 5.32 Å². The van der Waals surface area contributed by atoms with Crippen LogP contribution < -0.4 is 10.6 Å². The highest BCUT2D eigenvalue weighted by molar-refractivity contribution is 6.31. The van der Waals surface area contributed by atoms with E-state index in [0.717, 1.165) is 11.3 Å². The molecular formula is C12H15ClN2O2. The topological polar surface area (TPSA) is 61.4 Å². The van der Waals surface area contributed by atoms with Gasteiger partial charge in [0.25, 0.3) is 0 Å². The molecule has 2 rings (SSSR count). The molecule has 4 nitrogen and oxygen atoms in total. The van der Waals surface area contributed by atoms with Crippen LogP contribution in [0.25, 0.3) is 0 Å². The van der Waals surface area contributed by atoms with Crippen LogP contribution in [0.2, 0.25) is 5.02 Å². The number of nitrogens with one attached hydrogen (secondary N) is 2. The summed E-state index contributed by atoms with van der Waals surface area (Å²) in [4.78, 5) is 11.8. The predicted molar refractivity (Wildman–Crippen MR) is 67.1 cm³/mol. The highest BCUT2D eigenvalue weighted by Crippen LogP contribution is 2.33. The summed E-state index contributed by atoms with van der Waals surface area (Å²) in [5, 5.41) is 15.7. The van der Waals surface area contributed by atoms with Crippen molar-refractivity contribution in [1.29, 1.82) is 0 Å². The number of carbonyl (C=O) groups excluding carboxylic acids is 1. The Morgan fingerprint density at radius 1 is 1.53 bits per heavy atom. The summed E-state index contributed by atoms with van der Waals surface area (Å²) in [7, 11) is 0. The number of amides is 1. The predicted octanol–water partition coefficient (Wildman–Crippen LogP) is 1.69. The molecule has 0 aliphatic carbocycles. The standard InChI is InChI=1S/C12H15ClN2O2/c1-12(2,6-16)15-10-8-5-7(13)3-4-9(8)14-11(10)17/h3-5,10,15-16H,6H2,1-2H3,(H,14,17). The van der Waals surface area contributed by atoms with Gasteiger partial charge in [-0.05, 0) is 32.0 Å². The number of carbonyl (C=O) groups is 1. The summed E-state index contributed by atoms with van der Waals surface area (Å²) in [5.74, 6) is -0.121. The normalized spacial score (nSPS) is 19.1. The van der Waals surface area contributed by atoms with Crippen LogP contribution in [0, 0.1) is 0 Å². The van der Waals surface area contributed by atoms with Crippen LogP contribution in [-0.2, 0) is 4.79 Å². The van der Waals surface area contributed by atoms with Gasteiger partial charge >= 0.3 is 0 Å². The number of aliphatic hydroxyl groups is 1. The fourth-order valence-corrected chi connectivity index (χ4v) is 1.99. The van der Waals surface area contributed by atoms with Crippen LogP contribution >= 0.6 is 11.6 Å². The zero-order valence-electron chi connectivity index (χ0n) is 9.75. The van der Waals surface area contributed by atoms with Gasteiger partial charge in [-0.3, -0.25) is 10.1 Å². The number of anilines is 1. The molecule has 3 N–H and O–H groups in total. The maximum absolute atomic E-state index is 11.8. The van der Waals surface area contributed by atoms with E-state index in [4.69, 9.17) is 11.6 Å². The SMILES string of the molecule is CC(C)(CO)NC1C(=O)Nc2ccc(Cl)cc21. The third kappa shape index (κ3) is 2.44. The summed E-state index contributed by atoms with van der Waals surface area (Å²) in [5.41, 5.74) is 1.07. The number of hydrogen-bond acceptors (Lipinski definition) is 3. The summed E-state index contributed by atoms with van der Waals surface area (Å²) in [6.07, 6.45) is 0. The van der Waals surface area contributed by atoms with Crippen molar-refractivity contribution >= 4 is 23.2 Å². The molecule has 0 fully saturated rings. The number of aliphatic hydroxyl groups excluding tert-OH is 1. The average molecular weight is 255 g/mol. The molecule has 0 bridgehead atoms. The van der Waals surface area contributed by atoms with Crippen LogP contribution in [-0.4, -0.2) is 23.2 Å². The largest absolute Gasteiger partial charge is 0.394 e. The van der Waals surface area contributed by atoms with Crippen LogP contribution in [0.4, 0.5) is 5.69 Å². The van der Waals surface area contributed by atoms with E-state index in [-0.39, 0.29) is 12.5 Å². The zero-order chi connectivity index (χ0) is 12.6. The Morgan fingerprint density at radius 3 is 2.88 bits per heavy atom. The Labute approximate surface area is 105 Å². The first kappa shape index (κ1) is 12.4. The number of rotatable bonds is 3. The summed E-state index contributed by atoms with van der Waals surface area (Å²) < 4.78 is 0. The molecule has 92 valence electrons. The maximum Gasteiger partial charge on any atom is 0.246 e. The lowest BCUT2D eigenvalue weighted by Crippen LogP contribution is -2.46. The fraction of sp³-hybridized carbons (Fsp3) is 0.417. The van der Waals surface area contributed by atoms with E-state index in [1.54, 1.807) is 18.2 Å². The smallest absolute Gasteiger partial charge is 0.246 e. The molecule has 1 atom stereocenters. The second-order valence-corrected chi connectivity index (χ2v) is 5.28. The highest BCUT2D eigenvalue weighted by Gasteiger charge is 2.34. The lowest BCUT2D eigenvalue weighted by molar-refractivity contribution is -0.118. The molecule has 1 amide bonds. The van der Waals surface area contributed by atoms with E-state index < -0.39 is 11.6 Å². The molecule has 1 heterocycles. The highest BCUT2D eigenvalue weighted by atomic mass is 35.5. The molecule has 1 unspecified atom stereocenters. The quantitative estimate of drug-likeness (QED) is 0.769. The Morgan fingerprint density at radius 2 is 2.24 bits per heavy atom. The minimum Gasteiger partial charge on any atom is -0.394 e. The first-order valence-corrected chi connectivity index (χ1v) is 5.79. The van der Waals surface area contributed by atoms with E-state index in [1.807, 2.05) is 13.8 Å². The van der Waals surface area contributed by atoms with Gasteiger partial charge in [-0.25, -0.2) is 0 Å². The third-order valence-corrected chi connectivity index (χ3v) is 3.01. The van der Waals surface area contributed by atoms with Gasteiger partial charge in [-0.15, -0.1) is 0 Å². The van der Waals surface area contributed by atoms with Crippen molar-refractivity contribution in [2.24, 2.45) is 0 Å². The summed E-state index contributed by atoms with van der Waals surface area (Å²) in [6.45, 7) is 3.62. The monoisotopic (exact) mass is 254 g/mol. The van der Waals surface area contributed by atoms with Crippen molar-refractivity contribution < 1.29 is 9.90 Å². The molecule has 5 heteroatoms. The first-order chi connectivity index (χ1) is 7.93. The number of halogens is 1. The number of hydrogen-bond donors (Lipinski definition) is 3. The van der Waals surface area contributed by atoms with Gasteiger partial charge in [-0.2, -0.15) is 0 Å². The van der Waals surface area contributed by atoms with E-state index >= 15 is 0 Å². The fourth-order valence-electron chi connectivity index (χ4n) is 1.81. The Bertz CT molecular complexity index is 460. The third-order valence-electron chi connectivity index (χ3n) is 2.78. The molecule has 0 radical (unpaired) electrons. The van der Waals surface area contributed by atoms with Crippen LogP contribution in [0.3, 0.4) is 0 Å². The van der Waals surface area contributed by atoms with Crippen molar-refractivity contribution in [2.75, 3.05) is 11.9 Å². The average Bonchev–Trinajstić information content (AvgIpc) is 2.56. The van der Waals surface area contributed by atoms with Gasteiger partial charge in [0.1, 0.15) is 6.04 Å². The Hall–Kier alpha value is -1.10. The van der Waals surface area contributed by atoms with E-state index in [1.165, 1.54) is 0 Å². The molecule has 0 saturated carbocycles. The molecule has 1 aromatic carbocycles. The van der Waals surface area contributed by atoms with Crippen molar-refractivity contribution in [2.45, 2.75) is 25.4 Å². The summed E-state index contributed by atoms with van der Waals surface area (Å²) in [6, 6.07) is 4.81.